The van der Waals surface area contributed by atoms with Gasteiger partial charge < -0.3 is 4.98 Å². The van der Waals surface area contributed by atoms with Crippen LogP contribution in [0.3, 0.4) is 0 Å². The van der Waals surface area contributed by atoms with E-state index in [1.54, 1.807) is 0 Å². The van der Waals surface area contributed by atoms with E-state index >= 15 is 0 Å². The number of aromatic amines is 1. The molecule has 3 nitrogen and oxygen atoms in total. The van der Waals surface area contributed by atoms with E-state index in [1.165, 1.54) is 19.3 Å². The third-order valence-electron chi connectivity index (χ3n) is 3.87. The van der Waals surface area contributed by atoms with E-state index in [0.29, 0.717) is 11.3 Å². The Bertz CT molecular complexity index is 624. The van der Waals surface area contributed by atoms with Gasteiger partial charge in [-0.25, -0.2) is 4.98 Å². The number of aryl methyl sites for hydroxylation is 1. The van der Waals surface area contributed by atoms with Gasteiger partial charge in [-0.05, 0) is 37.5 Å². The van der Waals surface area contributed by atoms with E-state index in [0.717, 1.165) is 29.7 Å². The summed E-state index contributed by atoms with van der Waals surface area (Å²) in [6.45, 7) is 2.03. The van der Waals surface area contributed by atoms with Gasteiger partial charge in [0.25, 0.3) is 5.56 Å². The van der Waals surface area contributed by atoms with Gasteiger partial charge in [0.15, 0.2) is 0 Å². The molecular formula is C15H18N2O. The standard InChI is InChI=1S/C15H18N2O/c1-10-7-8-12-13(9-10)16-14(17-15(12)18)11-5-3-2-4-6-11/h7-9,11H,2-6H2,1H3,(H,16,17,18). The van der Waals surface area contributed by atoms with E-state index in [4.69, 9.17) is 0 Å². The second-order valence-electron chi connectivity index (χ2n) is 5.31. The fourth-order valence-corrected chi connectivity index (χ4v) is 2.84. The number of fused-ring (bicyclic) bond motifs is 1. The maximum absolute atomic E-state index is 12.1. The second kappa shape index (κ2) is 4.56. The number of nitrogens with one attached hydrogen (secondary N) is 1. The van der Waals surface area contributed by atoms with Gasteiger partial charge in [0.1, 0.15) is 5.82 Å². The zero-order valence-corrected chi connectivity index (χ0v) is 10.7. The maximum Gasteiger partial charge on any atom is 0.258 e. The van der Waals surface area contributed by atoms with Crippen molar-refractivity contribution in [3.8, 4) is 0 Å². The van der Waals surface area contributed by atoms with Crippen LogP contribution in [0.25, 0.3) is 10.9 Å². The summed E-state index contributed by atoms with van der Waals surface area (Å²) < 4.78 is 0. The van der Waals surface area contributed by atoms with Crippen LogP contribution in [0.5, 0.6) is 0 Å². The smallest absolute Gasteiger partial charge is 0.258 e. The molecule has 0 unspecified atom stereocenters. The Balaban J connectivity index is 2.10. The van der Waals surface area contributed by atoms with Crippen LogP contribution < -0.4 is 5.56 Å². The molecule has 18 heavy (non-hydrogen) atoms. The Labute approximate surface area is 106 Å². The molecule has 2 aromatic rings. The minimum absolute atomic E-state index is 0.000531. The second-order valence-corrected chi connectivity index (χ2v) is 5.31. The van der Waals surface area contributed by atoms with Gasteiger partial charge in [0, 0.05) is 5.92 Å². The molecule has 1 heterocycles. The third-order valence-corrected chi connectivity index (χ3v) is 3.87. The molecule has 0 saturated heterocycles. The van der Waals surface area contributed by atoms with Crippen molar-refractivity contribution < 1.29 is 0 Å². The van der Waals surface area contributed by atoms with Gasteiger partial charge in [-0.15, -0.1) is 0 Å². The Morgan fingerprint density at radius 2 is 2.00 bits per heavy atom. The van der Waals surface area contributed by atoms with Gasteiger partial charge >= 0.3 is 0 Å². The zero-order chi connectivity index (χ0) is 12.5. The molecule has 94 valence electrons. The number of hydrogen-bond acceptors (Lipinski definition) is 2. The number of benzene rings is 1. The molecule has 0 atom stereocenters. The summed E-state index contributed by atoms with van der Waals surface area (Å²) in [5.41, 5.74) is 1.98. The van der Waals surface area contributed by atoms with Crippen LogP contribution in [0.2, 0.25) is 0 Å². The van der Waals surface area contributed by atoms with E-state index in [-0.39, 0.29) is 5.56 Å². The first-order valence-corrected chi connectivity index (χ1v) is 6.74. The third kappa shape index (κ3) is 2.05. The van der Waals surface area contributed by atoms with Crippen molar-refractivity contribution in [2.75, 3.05) is 0 Å². The van der Waals surface area contributed by atoms with E-state index in [1.807, 2.05) is 25.1 Å². The van der Waals surface area contributed by atoms with Crippen molar-refractivity contribution in [2.45, 2.75) is 44.9 Å². The molecule has 0 amide bonds. The van der Waals surface area contributed by atoms with Gasteiger partial charge in [-0.3, -0.25) is 4.79 Å². The van der Waals surface area contributed by atoms with E-state index in [2.05, 4.69) is 9.97 Å². The quantitative estimate of drug-likeness (QED) is 0.834. The normalized spacial score (nSPS) is 17.2. The predicted molar refractivity (Wildman–Crippen MR) is 72.9 cm³/mol. The summed E-state index contributed by atoms with van der Waals surface area (Å²) in [5.74, 6) is 1.33. The minimum Gasteiger partial charge on any atom is -0.310 e. The van der Waals surface area contributed by atoms with Crippen molar-refractivity contribution in [1.29, 1.82) is 0 Å². The number of nitrogens with zero attached hydrogens (tertiary/aromatic N) is 1. The molecule has 3 heteroatoms. The Kier molecular flexibility index (Phi) is 2.90. The molecule has 1 aliphatic rings. The van der Waals surface area contributed by atoms with Crippen LogP contribution in [0.1, 0.15) is 49.4 Å². The molecule has 1 N–H and O–H groups in total. The molecule has 1 aliphatic carbocycles. The number of rotatable bonds is 1. The monoisotopic (exact) mass is 242 g/mol. The van der Waals surface area contributed by atoms with Crippen molar-refractivity contribution in [3.63, 3.8) is 0 Å². The largest absolute Gasteiger partial charge is 0.310 e. The summed E-state index contributed by atoms with van der Waals surface area (Å²) in [6, 6.07) is 5.82. The molecule has 0 spiro atoms. The Morgan fingerprint density at radius 1 is 1.22 bits per heavy atom. The van der Waals surface area contributed by atoms with Gasteiger partial charge in [-0.1, -0.05) is 25.3 Å². The lowest BCUT2D eigenvalue weighted by Crippen LogP contribution is -2.16. The molecule has 1 saturated carbocycles. The van der Waals surface area contributed by atoms with Gasteiger partial charge in [-0.2, -0.15) is 0 Å². The average Bonchev–Trinajstić information content (AvgIpc) is 2.39. The predicted octanol–water partition coefficient (Wildman–Crippen LogP) is 3.28. The summed E-state index contributed by atoms with van der Waals surface area (Å²) in [6.07, 6.45) is 6.12. The zero-order valence-electron chi connectivity index (χ0n) is 10.7. The summed E-state index contributed by atoms with van der Waals surface area (Å²) >= 11 is 0. The van der Waals surface area contributed by atoms with Crippen molar-refractivity contribution in [1.82, 2.24) is 9.97 Å². The van der Waals surface area contributed by atoms with Gasteiger partial charge in [0.05, 0.1) is 10.9 Å². The highest BCUT2D eigenvalue weighted by molar-refractivity contribution is 5.78. The highest BCUT2D eigenvalue weighted by Gasteiger charge is 2.18. The fourth-order valence-electron chi connectivity index (χ4n) is 2.84. The van der Waals surface area contributed by atoms with E-state index in [9.17, 15) is 4.79 Å². The molecule has 1 aromatic carbocycles. The molecule has 3 rings (SSSR count). The highest BCUT2D eigenvalue weighted by Crippen LogP contribution is 2.30. The first-order chi connectivity index (χ1) is 8.74. The van der Waals surface area contributed by atoms with Crippen molar-refractivity contribution in [3.05, 3.63) is 39.9 Å². The Hall–Kier alpha value is -1.64. The lowest BCUT2D eigenvalue weighted by molar-refractivity contribution is 0.429. The summed E-state index contributed by atoms with van der Waals surface area (Å²) in [4.78, 5) is 19.7. The van der Waals surface area contributed by atoms with Crippen LogP contribution in [-0.2, 0) is 0 Å². The van der Waals surface area contributed by atoms with Crippen LogP contribution in [-0.4, -0.2) is 9.97 Å². The molecule has 1 aromatic heterocycles. The maximum atomic E-state index is 12.1. The number of H-pyrrole nitrogens is 1. The molecule has 0 aliphatic heterocycles. The van der Waals surface area contributed by atoms with Crippen LogP contribution in [0.15, 0.2) is 23.0 Å². The topological polar surface area (TPSA) is 45.8 Å². The number of hydrogen-bond donors (Lipinski definition) is 1. The van der Waals surface area contributed by atoms with Crippen LogP contribution in [0, 0.1) is 6.92 Å². The molecule has 0 bridgehead atoms. The van der Waals surface area contributed by atoms with Crippen molar-refractivity contribution >= 4 is 10.9 Å². The Morgan fingerprint density at radius 3 is 2.78 bits per heavy atom. The SMILES string of the molecule is Cc1ccc2c(=O)[nH]c(C3CCCCC3)nc2c1. The van der Waals surface area contributed by atoms with Gasteiger partial charge in [0.2, 0.25) is 0 Å². The van der Waals surface area contributed by atoms with E-state index < -0.39 is 0 Å². The molecule has 0 radical (unpaired) electrons. The highest BCUT2D eigenvalue weighted by atomic mass is 16.1. The minimum atomic E-state index is 0.000531. The molecule has 1 fully saturated rings. The molecular weight excluding hydrogens is 224 g/mol. The average molecular weight is 242 g/mol. The van der Waals surface area contributed by atoms with Crippen molar-refractivity contribution in [2.24, 2.45) is 0 Å². The number of aromatic nitrogens is 2. The van der Waals surface area contributed by atoms with Crippen LogP contribution >= 0.6 is 0 Å². The fraction of sp³-hybridized carbons (Fsp3) is 0.467. The summed E-state index contributed by atoms with van der Waals surface area (Å²) in [7, 11) is 0. The lowest BCUT2D eigenvalue weighted by atomic mass is 9.88. The van der Waals surface area contributed by atoms with Crippen LogP contribution in [0.4, 0.5) is 0 Å². The first kappa shape index (κ1) is 11.5. The first-order valence-electron chi connectivity index (χ1n) is 6.74. The lowest BCUT2D eigenvalue weighted by Gasteiger charge is -2.20. The summed E-state index contributed by atoms with van der Waals surface area (Å²) in [5, 5.41) is 0.695.